The number of nitrogens with one attached hydrogen (secondary N) is 1. The largest absolute Gasteiger partial charge is 0.387 e. The highest BCUT2D eigenvalue weighted by molar-refractivity contribution is 6.30. The summed E-state index contributed by atoms with van der Waals surface area (Å²) in [5.41, 5.74) is 4.96. The smallest absolute Gasteiger partial charge is 0.135 e. The molecule has 0 radical (unpaired) electrons. The minimum absolute atomic E-state index is 0.339. The van der Waals surface area contributed by atoms with Crippen LogP contribution in [0.2, 0.25) is 5.15 Å². The highest BCUT2D eigenvalue weighted by Gasteiger charge is 2.37. The summed E-state index contributed by atoms with van der Waals surface area (Å²) in [5.74, 6) is 0. The fourth-order valence-corrected chi connectivity index (χ4v) is 4.96. The van der Waals surface area contributed by atoms with E-state index in [1.54, 1.807) is 10.9 Å². The van der Waals surface area contributed by atoms with Gasteiger partial charge in [-0.1, -0.05) is 17.7 Å². The molecule has 0 saturated carbocycles. The number of allylic oxidation sites excluding steroid dienone is 2. The molecule has 0 spiro atoms. The number of rotatable bonds is 5. The van der Waals surface area contributed by atoms with E-state index in [-0.39, 0.29) is 6.04 Å². The number of aromatic nitrogens is 3. The van der Waals surface area contributed by atoms with Crippen LogP contribution in [0.25, 0.3) is 5.57 Å². The first-order valence-corrected chi connectivity index (χ1v) is 11.0. The second kappa shape index (κ2) is 8.23. The van der Waals surface area contributed by atoms with Crippen LogP contribution >= 0.6 is 11.6 Å². The predicted molar refractivity (Wildman–Crippen MR) is 116 cm³/mol. The Morgan fingerprint density at radius 3 is 2.94 bits per heavy atom. The van der Waals surface area contributed by atoms with E-state index in [0.29, 0.717) is 55.8 Å². The average molecular weight is 443 g/mol. The van der Waals surface area contributed by atoms with Gasteiger partial charge in [-0.3, -0.25) is 9.88 Å². The molecule has 2 fully saturated rings. The van der Waals surface area contributed by atoms with Gasteiger partial charge in [0.15, 0.2) is 0 Å². The minimum atomic E-state index is -1.02. The maximum Gasteiger partial charge on any atom is 0.135 e. The topological polar surface area (TPSA) is 79.0 Å². The van der Waals surface area contributed by atoms with Gasteiger partial charge in [-0.15, -0.1) is 0 Å². The second-order valence-electron chi connectivity index (χ2n) is 8.31. The number of halogens is 2. The Hall–Kier alpha value is -2.47. The molecule has 3 aliphatic rings. The van der Waals surface area contributed by atoms with Crippen LogP contribution in [0.1, 0.15) is 35.0 Å². The van der Waals surface area contributed by atoms with E-state index in [1.807, 2.05) is 19.2 Å². The minimum Gasteiger partial charge on any atom is -0.387 e. The number of hydrogen-bond donors (Lipinski definition) is 1. The van der Waals surface area contributed by atoms with Crippen LogP contribution in [0.4, 0.5) is 10.1 Å². The van der Waals surface area contributed by atoms with Crippen LogP contribution < -0.4 is 5.32 Å². The van der Waals surface area contributed by atoms with Crippen molar-refractivity contribution in [1.82, 2.24) is 19.7 Å². The summed E-state index contributed by atoms with van der Waals surface area (Å²) in [7, 11) is 1.83. The number of anilines is 1. The molecule has 5 rings (SSSR count). The lowest BCUT2D eigenvalue weighted by atomic mass is 10.0. The zero-order chi connectivity index (χ0) is 21.5. The van der Waals surface area contributed by atoms with Gasteiger partial charge in [0.25, 0.3) is 0 Å². The van der Waals surface area contributed by atoms with Crippen molar-refractivity contribution in [3.05, 3.63) is 46.0 Å². The molecule has 0 bridgehead atoms. The number of piperidine rings is 1. The van der Waals surface area contributed by atoms with Crippen LogP contribution in [-0.2, 0) is 17.6 Å². The molecule has 162 valence electrons. The van der Waals surface area contributed by atoms with E-state index in [9.17, 15) is 9.65 Å². The molecule has 9 heteroatoms. The Morgan fingerprint density at radius 2 is 2.26 bits per heavy atom. The molecule has 0 aromatic carbocycles. The van der Waals surface area contributed by atoms with E-state index < -0.39 is 6.17 Å². The van der Waals surface area contributed by atoms with Crippen LogP contribution in [0, 0.1) is 11.3 Å². The highest BCUT2D eigenvalue weighted by atomic mass is 35.5. The molecule has 2 atom stereocenters. The summed E-state index contributed by atoms with van der Waals surface area (Å²) >= 11 is 6.65. The predicted octanol–water partition coefficient (Wildman–Crippen LogP) is 3.01. The summed E-state index contributed by atoms with van der Waals surface area (Å²) in [6, 6.07) is 4.16. The Balaban J connectivity index is 1.34. The molecule has 7 nitrogen and oxygen atoms in total. The molecule has 1 aliphatic carbocycles. The Bertz CT molecular complexity index is 1070. The van der Waals surface area contributed by atoms with Crippen molar-refractivity contribution >= 4 is 22.9 Å². The number of nitriles is 1. The molecule has 2 aromatic heterocycles. The Kier molecular flexibility index (Phi) is 5.42. The number of likely N-dealkylation sites (tertiary alicyclic amines) is 1. The lowest BCUT2D eigenvalue weighted by molar-refractivity contribution is -0.0847. The van der Waals surface area contributed by atoms with E-state index in [0.717, 1.165) is 34.7 Å². The first-order chi connectivity index (χ1) is 15.1. The van der Waals surface area contributed by atoms with E-state index >= 15 is 0 Å². The van der Waals surface area contributed by atoms with Crippen molar-refractivity contribution in [1.29, 1.82) is 5.26 Å². The van der Waals surface area contributed by atoms with Crippen LogP contribution in [-0.4, -0.2) is 65.2 Å². The lowest BCUT2D eigenvalue weighted by Gasteiger charge is -2.42. The molecular formula is C22H24ClFN6O. The van der Waals surface area contributed by atoms with Crippen molar-refractivity contribution < 1.29 is 9.13 Å². The first kappa shape index (κ1) is 20.4. The fraction of sp³-hybridized carbons (Fsp3) is 0.500. The number of hydrogen-bond acceptors (Lipinski definition) is 6. The SMILES string of the molecule is CNc1cc(Cc2cnn(C3CCN(C4COC4)C[C@@H]3F)c2Cl)nc2c1C(C#N)=CC2. The van der Waals surface area contributed by atoms with Gasteiger partial charge >= 0.3 is 0 Å². The maximum absolute atomic E-state index is 15.0. The zero-order valence-electron chi connectivity index (χ0n) is 17.3. The third-order valence-corrected chi connectivity index (χ3v) is 6.89. The number of nitrogens with zero attached hydrogens (tertiary/aromatic N) is 5. The van der Waals surface area contributed by atoms with Gasteiger partial charge in [-0.2, -0.15) is 10.4 Å². The zero-order valence-corrected chi connectivity index (χ0v) is 18.1. The summed E-state index contributed by atoms with van der Waals surface area (Å²) < 4.78 is 21.9. The molecule has 1 unspecified atom stereocenters. The Labute approximate surface area is 185 Å². The first-order valence-electron chi connectivity index (χ1n) is 10.6. The number of fused-ring (bicyclic) bond motifs is 1. The standard InChI is InChI=1S/C22H24ClFN6O/c1-26-19-7-15(28-18-3-2-13(8-25)21(18)19)6-14-9-27-30(22(14)23)20-4-5-29(10-17(20)24)16-11-31-12-16/h2,7,9,16-17,20H,3-6,10-12H2,1H3,(H,26,28)/t17-,20?/m0/s1. The van der Waals surface area contributed by atoms with E-state index in [4.69, 9.17) is 21.3 Å². The van der Waals surface area contributed by atoms with Crippen LogP contribution in [0.5, 0.6) is 0 Å². The maximum atomic E-state index is 15.0. The van der Waals surface area contributed by atoms with Crippen molar-refractivity contribution in [2.75, 3.05) is 38.7 Å². The molecule has 31 heavy (non-hydrogen) atoms. The normalized spacial score (nSPS) is 23.7. The quantitative estimate of drug-likeness (QED) is 0.766. The van der Waals surface area contributed by atoms with E-state index in [2.05, 4.69) is 21.4 Å². The molecule has 0 amide bonds. The molecule has 2 aliphatic heterocycles. The Morgan fingerprint density at radius 1 is 1.42 bits per heavy atom. The van der Waals surface area contributed by atoms with Crippen molar-refractivity contribution in [2.24, 2.45) is 0 Å². The molecule has 4 heterocycles. The van der Waals surface area contributed by atoms with Gasteiger partial charge in [0.2, 0.25) is 0 Å². The molecule has 1 N–H and O–H groups in total. The van der Waals surface area contributed by atoms with E-state index in [1.165, 1.54) is 0 Å². The third-order valence-electron chi connectivity index (χ3n) is 6.47. The molecular weight excluding hydrogens is 419 g/mol. The van der Waals surface area contributed by atoms with Gasteiger partial charge < -0.3 is 10.1 Å². The van der Waals surface area contributed by atoms with Crippen LogP contribution in [0.3, 0.4) is 0 Å². The van der Waals surface area contributed by atoms with Gasteiger partial charge in [0, 0.05) is 55.5 Å². The fourth-order valence-electron chi connectivity index (χ4n) is 4.68. The monoisotopic (exact) mass is 442 g/mol. The lowest BCUT2D eigenvalue weighted by Crippen LogP contribution is -2.55. The van der Waals surface area contributed by atoms with Crippen molar-refractivity contribution in [3.63, 3.8) is 0 Å². The molecule has 2 aromatic rings. The summed E-state index contributed by atoms with van der Waals surface area (Å²) in [5, 5.41) is 17.4. The number of alkyl halides is 1. The third kappa shape index (κ3) is 3.61. The molecule has 2 saturated heterocycles. The van der Waals surface area contributed by atoms with Crippen molar-refractivity contribution in [2.45, 2.75) is 37.5 Å². The van der Waals surface area contributed by atoms with Gasteiger partial charge in [-0.05, 0) is 12.5 Å². The van der Waals surface area contributed by atoms with Gasteiger partial charge in [0.05, 0.1) is 48.8 Å². The van der Waals surface area contributed by atoms with Crippen LogP contribution in [0.15, 0.2) is 18.3 Å². The number of ether oxygens (including phenoxy) is 1. The second-order valence-corrected chi connectivity index (χ2v) is 8.66. The van der Waals surface area contributed by atoms with Crippen molar-refractivity contribution in [3.8, 4) is 6.07 Å². The highest BCUT2D eigenvalue weighted by Crippen LogP contribution is 2.35. The summed E-state index contributed by atoms with van der Waals surface area (Å²) in [6.45, 7) is 2.59. The summed E-state index contributed by atoms with van der Waals surface area (Å²) in [4.78, 5) is 6.91. The van der Waals surface area contributed by atoms with Gasteiger partial charge in [0.1, 0.15) is 11.3 Å². The van der Waals surface area contributed by atoms with Gasteiger partial charge in [-0.25, -0.2) is 9.07 Å². The average Bonchev–Trinajstić information content (AvgIpc) is 3.30. The number of pyridine rings is 1. The summed E-state index contributed by atoms with van der Waals surface area (Å²) in [6.07, 6.45) is 4.40.